The molecule has 180 valence electrons. The summed E-state index contributed by atoms with van der Waals surface area (Å²) in [5.41, 5.74) is 0.920. The Kier molecular flexibility index (Phi) is 6.93. The number of imide groups is 1. The number of aldehydes is 1. The van der Waals surface area contributed by atoms with Crippen LogP contribution in [0.25, 0.3) is 0 Å². The molecular weight excluding hydrogens is 488 g/mol. The number of para-hydroxylation sites is 1. The summed E-state index contributed by atoms with van der Waals surface area (Å²) in [4.78, 5) is 61.9. The molecule has 0 atom stereocenters. The van der Waals surface area contributed by atoms with Crippen molar-refractivity contribution in [1.29, 1.82) is 0 Å². The van der Waals surface area contributed by atoms with Gasteiger partial charge in [0.25, 0.3) is 11.8 Å². The molecule has 0 saturated heterocycles. The summed E-state index contributed by atoms with van der Waals surface area (Å²) < 4.78 is 10.0. The van der Waals surface area contributed by atoms with Crippen molar-refractivity contribution in [3.8, 4) is 5.75 Å². The van der Waals surface area contributed by atoms with Crippen molar-refractivity contribution in [2.75, 3.05) is 17.3 Å². The molecule has 4 rings (SSSR count). The van der Waals surface area contributed by atoms with Crippen molar-refractivity contribution < 1.29 is 33.4 Å². The summed E-state index contributed by atoms with van der Waals surface area (Å²) in [6, 6.07) is 18.0. The fourth-order valence-corrected chi connectivity index (χ4v) is 3.61. The van der Waals surface area contributed by atoms with E-state index in [4.69, 9.17) is 21.1 Å². The molecule has 3 aromatic carbocycles. The van der Waals surface area contributed by atoms with Gasteiger partial charge in [-0.05, 0) is 60.7 Å². The molecule has 0 radical (unpaired) electrons. The van der Waals surface area contributed by atoms with Gasteiger partial charge in [-0.3, -0.25) is 14.4 Å². The summed E-state index contributed by atoms with van der Waals surface area (Å²) in [7, 11) is 1.19. The Bertz CT molecular complexity index is 1410. The number of hydrogen-bond donors (Lipinski definition) is 1. The molecule has 1 aliphatic heterocycles. The number of rotatable bonds is 7. The number of nitrogens with zero attached hydrogens (tertiary/aromatic N) is 1. The standard InChI is InChI=1S/C26H17ClN2O7/c1-35-26(34)19-4-2-3-5-20(19)29-23(31)21(27)22(24(29)32)28-17-10-8-16(9-11-17)25(33)36-18-12-6-15(14-30)7-13-18/h2-14,28H,1H3. The second-order valence-electron chi connectivity index (χ2n) is 7.42. The van der Waals surface area contributed by atoms with Crippen LogP contribution in [-0.2, 0) is 14.3 Å². The van der Waals surface area contributed by atoms with Crippen LogP contribution in [0.5, 0.6) is 5.75 Å². The lowest BCUT2D eigenvalue weighted by Crippen LogP contribution is -2.33. The Morgan fingerprint density at radius 2 is 1.56 bits per heavy atom. The number of hydrogen-bond acceptors (Lipinski definition) is 8. The number of methoxy groups -OCH3 is 1. The lowest BCUT2D eigenvalue weighted by Gasteiger charge is -2.17. The Labute approximate surface area is 209 Å². The van der Waals surface area contributed by atoms with E-state index in [2.05, 4.69) is 5.32 Å². The van der Waals surface area contributed by atoms with Crippen LogP contribution < -0.4 is 15.0 Å². The van der Waals surface area contributed by atoms with Gasteiger partial charge in [0.1, 0.15) is 22.8 Å². The summed E-state index contributed by atoms with van der Waals surface area (Å²) >= 11 is 6.17. The number of carbonyl (C=O) groups excluding carboxylic acids is 5. The Balaban J connectivity index is 1.50. The topological polar surface area (TPSA) is 119 Å². The third-order valence-electron chi connectivity index (χ3n) is 5.19. The zero-order chi connectivity index (χ0) is 25.8. The highest BCUT2D eigenvalue weighted by atomic mass is 35.5. The maximum atomic E-state index is 13.1. The number of benzene rings is 3. The van der Waals surface area contributed by atoms with Gasteiger partial charge in [0.15, 0.2) is 0 Å². The van der Waals surface area contributed by atoms with Gasteiger partial charge in [-0.25, -0.2) is 14.5 Å². The Morgan fingerprint density at radius 3 is 2.19 bits per heavy atom. The van der Waals surface area contributed by atoms with Gasteiger partial charge >= 0.3 is 11.9 Å². The molecule has 0 aliphatic carbocycles. The third-order valence-corrected chi connectivity index (χ3v) is 5.54. The van der Waals surface area contributed by atoms with Crippen LogP contribution in [0.4, 0.5) is 11.4 Å². The van der Waals surface area contributed by atoms with E-state index < -0.39 is 23.8 Å². The van der Waals surface area contributed by atoms with Crippen LogP contribution in [-0.4, -0.2) is 37.1 Å². The summed E-state index contributed by atoms with van der Waals surface area (Å²) in [6.07, 6.45) is 0.679. The number of amides is 2. The summed E-state index contributed by atoms with van der Waals surface area (Å²) in [5.74, 6) is -2.64. The van der Waals surface area contributed by atoms with E-state index in [-0.39, 0.29) is 33.3 Å². The van der Waals surface area contributed by atoms with Gasteiger partial charge in [0, 0.05) is 11.3 Å². The maximum absolute atomic E-state index is 13.1. The van der Waals surface area contributed by atoms with Crippen molar-refractivity contribution in [2.45, 2.75) is 0 Å². The summed E-state index contributed by atoms with van der Waals surface area (Å²) in [5, 5.41) is 2.44. The van der Waals surface area contributed by atoms with Crippen molar-refractivity contribution in [2.24, 2.45) is 0 Å². The highest BCUT2D eigenvalue weighted by Crippen LogP contribution is 2.32. The fourth-order valence-electron chi connectivity index (χ4n) is 3.40. The minimum Gasteiger partial charge on any atom is -0.465 e. The molecule has 0 aromatic heterocycles. The van der Waals surface area contributed by atoms with Gasteiger partial charge in [-0.15, -0.1) is 0 Å². The highest BCUT2D eigenvalue weighted by molar-refractivity contribution is 6.53. The SMILES string of the molecule is COC(=O)c1ccccc1N1C(=O)C(Cl)=C(Nc2ccc(C(=O)Oc3ccc(C=O)cc3)cc2)C1=O. The maximum Gasteiger partial charge on any atom is 0.343 e. The molecule has 1 N–H and O–H groups in total. The average Bonchev–Trinajstić information content (AvgIpc) is 3.11. The third kappa shape index (κ3) is 4.73. The minimum atomic E-state index is -0.804. The van der Waals surface area contributed by atoms with Crippen molar-refractivity contribution in [3.05, 3.63) is 100 Å². The lowest BCUT2D eigenvalue weighted by atomic mass is 10.1. The van der Waals surface area contributed by atoms with Crippen LogP contribution in [0.1, 0.15) is 31.1 Å². The first kappa shape index (κ1) is 24.4. The van der Waals surface area contributed by atoms with E-state index in [0.717, 1.165) is 4.90 Å². The molecular formula is C26H17ClN2O7. The zero-order valence-corrected chi connectivity index (χ0v) is 19.4. The first-order chi connectivity index (χ1) is 17.3. The Hall–Kier alpha value is -4.76. The molecule has 0 fully saturated rings. The van der Waals surface area contributed by atoms with Gasteiger partial charge in [0.2, 0.25) is 0 Å². The highest BCUT2D eigenvalue weighted by Gasteiger charge is 2.40. The Morgan fingerprint density at radius 1 is 0.889 bits per heavy atom. The first-order valence-electron chi connectivity index (χ1n) is 10.4. The number of anilines is 2. The summed E-state index contributed by atoms with van der Waals surface area (Å²) in [6.45, 7) is 0. The van der Waals surface area contributed by atoms with E-state index in [1.165, 1.54) is 67.8 Å². The van der Waals surface area contributed by atoms with Gasteiger partial charge in [0.05, 0.1) is 23.9 Å². The van der Waals surface area contributed by atoms with Crippen molar-refractivity contribution in [1.82, 2.24) is 0 Å². The molecule has 0 bridgehead atoms. The van der Waals surface area contributed by atoms with Crippen molar-refractivity contribution in [3.63, 3.8) is 0 Å². The molecule has 1 aliphatic rings. The van der Waals surface area contributed by atoms with E-state index in [1.54, 1.807) is 12.1 Å². The fraction of sp³-hybridized carbons (Fsp3) is 0.0385. The second kappa shape index (κ2) is 10.2. The normalized spacial score (nSPS) is 13.0. The van der Waals surface area contributed by atoms with Crippen LogP contribution in [0.2, 0.25) is 0 Å². The lowest BCUT2D eigenvalue weighted by molar-refractivity contribution is -0.120. The molecule has 2 amide bonds. The molecule has 9 nitrogen and oxygen atoms in total. The van der Waals surface area contributed by atoms with Crippen LogP contribution in [0.3, 0.4) is 0 Å². The van der Waals surface area contributed by atoms with E-state index in [1.807, 2.05) is 0 Å². The molecule has 1 heterocycles. The van der Waals surface area contributed by atoms with Crippen molar-refractivity contribution >= 4 is 53.0 Å². The minimum absolute atomic E-state index is 0.0241. The van der Waals surface area contributed by atoms with Crippen LogP contribution >= 0.6 is 11.6 Å². The smallest absolute Gasteiger partial charge is 0.343 e. The van der Waals surface area contributed by atoms with Gasteiger partial charge in [-0.2, -0.15) is 0 Å². The molecule has 0 spiro atoms. The predicted molar refractivity (Wildman–Crippen MR) is 130 cm³/mol. The molecule has 0 saturated carbocycles. The largest absolute Gasteiger partial charge is 0.465 e. The predicted octanol–water partition coefficient (Wildman–Crippen LogP) is 3.94. The monoisotopic (exact) mass is 504 g/mol. The number of nitrogens with one attached hydrogen (secondary N) is 1. The van der Waals surface area contributed by atoms with E-state index in [0.29, 0.717) is 17.5 Å². The molecule has 3 aromatic rings. The van der Waals surface area contributed by atoms with Crippen LogP contribution in [0.15, 0.2) is 83.5 Å². The van der Waals surface area contributed by atoms with E-state index >= 15 is 0 Å². The zero-order valence-electron chi connectivity index (χ0n) is 18.7. The molecule has 36 heavy (non-hydrogen) atoms. The number of esters is 2. The number of halogens is 1. The van der Waals surface area contributed by atoms with E-state index in [9.17, 15) is 24.0 Å². The molecule has 0 unspecified atom stereocenters. The second-order valence-corrected chi connectivity index (χ2v) is 7.80. The quantitative estimate of drug-likeness (QED) is 0.222. The first-order valence-corrected chi connectivity index (χ1v) is 10.8. The molecule has 10 heteroatoms. The number of ether oxygens (including phenoxy) is 2. The van der Waals surface area contributed by atoms with Gasteiger partial charge in [-0.1, -0.05) is 23.7 Å². The van der Waals surface area contributed by atoms with Crippen LogP contribution in [0, 0.1) is 0 Å². The average molecular weight is 505 g/mol. The van der Waals surface area contributed by atoms with Gasteiger partial charge < -0.3 is 14.8 Å². The number of carbonyl (C=O) groups is 5.